The van der Waals surface area contributed by atoms with Crippen molar-refractivity contribution in [3.8, 4) is 11.8 Å². The summed E-state index contributed by atoms with van der Waals surface area (Å²) in [7, 11) is 0. The van der Waals surface area contributed by atoms with Crippen LogP contribution in [0.15, 0.2) is 29.3 Å². The van der Waals surface area contributed by atoms with Crippen LogP contribution in [0.5, 0.6) is 5.75 Å². The van der Waals surface area contributed by atoms with Crippen LogP contribution in [0.3, 0.4) is 0 Å². The molecule has 0 aliphatic rings. The van der Waals surface area contributed by atoms with E-state index in [1.54, 1.807) is 6.07 Å². The van der Waals surface area contributed by atoms with E-state index in [4.69, 9.17) is 4.74 Å². The number of pyridine rings is 1. The predicted molar refractivity (Wildman–Crippen MR) is 100 cm³/mol. The Morgan fingerprint density at radius 2 is 2.00 bits per heavy atom. The Hall–Kier alpha value is -2.52. The molecule has 0 radical (unpaired) electrons. The van der Waals surface area contributed by atoms with Crippen molar-refractivity contribution in [3.05, 3.63) is 46.6 Å². The number of aromatic nitrogens is 1. The minimum atomic E-state index is -0.168. The first kappa shape index (κ1) is 18.8. The van der Waals surface area contributed by atoms with E-state index < -0.39 is 0 Å². The average Bonchev–Trinajstić information content (AvgIpc) is 2.60. The molecular weight excluding hydrogens is 334 g/mol. The van der Waals surface area contributed by atoms with Crippen molar-refractivity contribution in [2.45, 2.75) is 32.7 Å². The lowest BCUT2D eigenvalue weighted by Crippen LogP contribution is -2.15. The van der Waals surface area contributed by atoms with Gasteiger partial charge in [-0.2, -0.15) is 5.26 Å². The van der Waals surface area contributed by atoms with Gasteiger partial charge in [0.25, 0.3) is 0 Å². The molecule has 0 aliphatic heterocycles. The number of rotatable bonds is 6. The van der Waals surface area contributed by atoms with Gasteiger partial charge in [-0.15, -0.1) is 0 Å². The molecule has 0 aliphatic carbocycles. The Bertz CT molecular complexity index is 828. The molecule has 0 atom stereocenters. The van der Waals surface area contributed by atoms with Gasteiger partial charge in [-0.3, -0.25) is 4.79 Å². The van der Waals surface area contributed by atoms with Crippen molar-refractivity contribution in [2.24, 2.45) is 0 Å². The Morgan fingerprint density at radius 1 is 1.28 bits per heavy atom. The topological polar surface area (TPSA) is 75.0 Å². The molecule has 1 aromatic carbocycles. The second-order valence-corrected chi connectivity index (χ2v) is 6.47. The van der Waals surface area contributed by atoms with Gasteiger partial charge in [0.15, 0.2) is 0 Å². The summed E-state index contributed by atoms with van der Waals surface area (Å²) in [6.45, 7) is 8.19. The fourth-order valence-corrected chi connectivity index (χ4v) is 3.20. The number of benzene rings is 1. The van der Waals surface area contributed by atoms with Gasteiger partial charge in [-0.05, 0) is 51.0 Å². The molecule has 1 aromatic heterocycles. The van der Waals surface area contributed by atoms with Crippen LogP contribution in [0.4, 0.5) is 5.69 Å². The smallest absolute Gasteiger partial charge is 0.234 e. The molecule has 0 saturated carbocycles. The third-order valence-corrected chi connectivity index (χ3v) is 4.85. The third kappa shape index (κ3) is 4.52. The lowest BCUT2D eigenvalue weighted by Gasteiger charge is -2.12. The highest BCUT2D eigenvalue weighted by atomic mass is 32.2. The van der Waals surface area contributed by atoms with Crippen LogP contribution in [0.1, 0.15) is 29.3 Å². The second-order valence-electron chi connectivity index (χ2n) is 5.51. The van der Waals surface area contributed by atoms with Crippen LogP contribution < -0.4 is 10.1 Å². The van der Waals surface area contributed by atoms with Gasteiger partial charge in [0.05, 0.1) is 23.6 Å². The standard InChI is InChI=1S/C19H21N3O2S/c1-5-24-17-9-7-6-8-16(17)22-18(23)11-25-19-15(10-20)13(3)12(2)14(4)21-19/h6-9H,5,11H2,1-4H3,(H,22,23). The summed E-state index contributed by atoms with van der Waals surface area (Å²) in [4.78, 5) is 16.7. The van der Waals surface area contributed by atoms with E-state index >= 15 is 0 Å². The van der Waals surface area contributed by atoms with E-state index in [0.717, 1.165) is 16.8 Å². The van der Waals surface area contributed by atoms with Crippen molar-refractivity contribution < 1.29 is 9.53 Å². The summed E-state index contributed by atoms with van der Waals surface area (Å²) < 4.78 is 5.50. The number of carbonyl (C=O) groups is 1. The Balaban J connectivity index is 2.10. The van der Waals surface area contributed by atoms with Crippen LogP contribution >= 0.6 is 11.8 Å². The molecular formula is C19H21N3O2S. The first-order chi connectivity index (χ1) is 12.0. The zero-order valence-electron chi connectivity index (χ0n) is 14.8. The van der Waals surface area contributed by atoms with Crippen LogP contribution in [0, 0.1) is 32.1 Å². The molecule has 1 N–H and O–H groups in total. The number of nitrogens with zero attached hydrogens (tertiary/aromatic N) is 2. The Kier molecular flexibility index (Phi) is 6.43. The van der Waals surface area contributed by atoms with Gasteiger partial charge in [0.2, 0.25) is 5.91 Å². The van der Waals surface area contributed by atoms with E-state index in [9.17, 15) is 10.1 Å². The highest BCUT2D eigenvalue weighted by Gasteiger charge is 2.15. The largest absolute Gasteiger partial charge is 0.492 e. The van der Waals surface area contributed by atoms with E-state index in [1.807, 2.05) is 45.9 Å². The molecule has 25 heavy (non-hydrogen) atoms. The summed E-state index contributed by atoms with van der Waals surface area (Å²) in [5.41, 5.74) is 3.98. The predicted octanol–water partition coefficient (Wildman–Crippen LogP) is 4.01. The molecule has 5 nitrogen and oxygen atoms in total. The molecule has 130 valence electrons. The van der Waals surface area contributed by atoms with Crippen molar-refractivity contribution in [1.29, 1.82) is 5.26 Å². The maximum atomic E-state index is 12.3. The van der Waals surface area contributed by atoms with Crippen LogP contribution in [-0.2, 0) is 4.79 Å². The number of nitriles is 1. The number of ether oxygens (including phenoxy) is 1. The quantitative estimate of drug-likeness (QED) is 0.793. The molecule has 0 unspecified atom stereocenters. The van der Waals surface area contributed by atoms with Crippen LogP contribution in [-0.4, -0.2) is 23.3 Å². The minimum Gasteiger partial charge on any atom is -0.492 e. The molecule has 2 aromatic rings. The lowest BCUT2D eigenvalue weighted by molar-refractivity contribution is -0.113. The second kappa shape index (κ2) is 8.54. The van der Waals surface area contributed by atoms with Gasteiger partial charge in [0.1, 0.15) is 16.8 Å². The molecule has 0 bridgehead atoms. The lowest BCUT2D eigenvalue weighted by atomic mass is 10.1. The average molecular weight is 355 g/mol. The fraction of sp³-hybridized carbons (Fsp3) is 0.316. The van der Waals surface area contributed by atoms with Gasteiger partial charge in [0, 0.05) is 5.69 Å². The summed E-state index contributed by atoms with van der Waals surface area (Å²) in [5, 5.41) is 12.8. The van der Waals surface area contributed by atoms with Crippen molar-refractivity contribution >= 4 is 23.4 Å². The number of hydrogen-bond acceptors (Lipinski definition) is 5. The molecule has 2 rings (SSSR count). The summed E-state index contributed by atoms with van der Waals surface area (Å²) in [5.74, 6) is 0.643. The molecule has 0 spiro atoms. The maximum Gasteiger partial charge on any atom is 0.234 e. The first-order valence-electron chi connectivity index (χ1n) is 8.00. The number of amides is 1. The highest BCUT2D eigenvalue weighted by molar-refractivity contribution is 8.00. The minimum absolute atomic E-state index is 0.168. The maximum absolute atomic E-state index is 12.3. The number of carbonyl (C=O) groups excluding carboxylic acids is 1. The van der Waals surface area contributed by atoms with Gasteiger partial charge in [-0.1, -0.05) is 23.9 Å². The molecule has 0 saturated heterocycles. The number of hydrogen-bond donors (Lipinski definition) is 1. The van der Waals surface area contributed by atoms with Crippen molar-refractivity contribution in [3.63, 3.8) is 0 Å². The van der Waals surface area contributed by atoms with Crippen LogP contribution in [0.2, 0.25) is 0 Å². The Labute approximate surface area is 152 Å². The number of para-hydroxylation sites is 2. The third-order valence-electron chi connectivity index (χ3n) is 3.88. The van der Waals surface area contributed by atoms with E-state index in [2.05, 4.69) is 16.4 Å². The summed E-state index contributed by atoms with van der Waals surface area (Å²) in [6, 6.07) is 9.51. The summed E-state index contributed by atoms with van der Waals surface area (Å²) in [6.07, 6.45) is 0. The number of thioether (sulfide) groups is 1. The molecule has 0 fully saturated rings. The zero-order valence-corrected chi connectivity index (χ0v) is 15.7. The fourth-order valence-electron chi connectivity index (χ4n) is 2.32. The van der Waals surface area contributed by atoms with Crippen LogP contribution in [0.25, 0.3) is 0 Å². The highest BCUT2D eigenvalue weighted by Crippen LogP contribution is 2.27. The number of aryl methyl sites for hydroxylation is 1. The SMILES string of the molecule is CCOc1ccccc1NC(=O)CSc1nc(C)c(C)c(C)c1C#N. The van der Waals surface area contributed by atoms with Crippen molar-refractivity contribution in [2.75, 3.05) is 17.7 Å². The zero-order chi connectivity index (χ0) is 18.4. The summed E-state index contributed by atoms with van der Waals surface area (Å²) >= 11 is 1.27. The van der Waals surface area contributed by atoms with E-state index in [-0.39, 0.29) is 11.7 Å². The van der Waals surface area contributed by atoms with Gasteiger partial charge >= 0.3 is 0 Å². The number of nitrogens with one attached hydrogen (secondary N) is 1. The first-order valence-corrected chi connectivity index (χ1v) is 8.98. The van der Waals surface area contributed by atoms with E-state index in [0.29, 0.717) is 28.6 Å². The monoisotopic (exact) mass is 355 g/mol. The van der Waals surface area contributed by atoms with Crippen molar-refractivity contribution in [1.82, 2.24) is 4.98 Å². The van der Waals surface area contributed by atoms with Gasteiger partial charge < -0.3 is 10.1 Å². The van der Waals surface area contributed by atoms with Gasteiger partial charge in [-0.25, -0.2) is 4.98 Å². The molecule has 1 heterocycles. The van der Waals surface area contributed by atoms with E-state index in [1.165, 1.54) is 11.8 Å². The Morgan fingerprint density at radius 3 is 2.68 bits per heavy atom. The molecule has 1 amide bonds. The molecule has 6 heteroatoms. The number of anilines is 1. The normalized spacial score (nSPS) is 10.2.